The Kier molecular flexibility index (Phi) is 5.25. The molecule has 0 aliphatic heterocycles. The van der Waals surface area contributed by atoms with Crippen molar-refractivity contribution >= 4 is 27.3 Å². The lowest BCUT2D eigenvalue weighted by atomic mass is 9.71. The Morgan fingerprint density at radius 3 is 2.66 bits per heavy atom. The zero-order chi connectivity index (χ0) is 22.6. The summed E-state index contributed by atoms with van der Waals surface area (Å²) in [6, 6.07) is 2.03. The van der Waals surface area contributed by atoms with Crippen LogP contribution in [0.2, 0.25) is 0 Å². The number of hydrogen-bond acceptors (Lipinski definition) is 6. The van der Waals surface area contributed by atoms with Crippen molar-refractivity contribution in [2.24, 2.45) is 11.7 Å². The smallest absolute Gasteiger partial charge is 0.197 e. The van der Waals surface area contributed by atoms with Gasteiger partial charge in [0.05, 0.1) is 17.8 Å². The van der Waals surface area contributed by atoms with E-state index in [1.807, 2.05) is 12.3 Å². The molecule has 4 aromatic heterocycles. The van der Waals surface area contributed by atoms with Gasteiger partial charge in [-0.3, -0.25) is 0 Å². The first kappa shape index (κ1) is 21.4. The second kappa shape index (κ2) is 7.85. The van der Waals surface area contributed by atoms with E-state index >= 15 is 0 Å². The predicted molar refractivity (Wildman–Crippen MR) is 130 cm³/mol. The minimum absolute atomic E-state index is 0.0238. The van der Waals surface area contributed by atoms with E-state index < -0.39 is 0 Å². The van der Waals surface area contributed by atoms with Crippen LogP contribution in [0.3, 0.4) is 0 Å². The first-order valence-electron chi connectivity index (χ1n) is 11.5. The van der Waals surface area contributed by atoms with Crippen LogP contribution in [-0.4, -0.2) is 37.2 Å². The molecular weight excluding hydrogens is 420 g/mol. The van der Waals surface area contributed by atoms with Crippen molar-refractivity contribution in [1.29, 1.82) is 0 Å². The Bertz CT molecular complexity index is 1260. The van der Waals surface area contributed by atoms with Crippen LogP contribution >= 0.6 is 11.3 Å². The number of hydrogen-bond donors (Lipinski definition) is 2. The fraction of sp³-hybridized carbons (Fsp3) is 0.542. The first-order valence-corrected chi connectivity index (χ1v) is 12.3. The number of aromatic amines is 1. The Balaban J connectivity index is 1.53. The average molecular weight is 453 g/mol. The number of H-pyrrole nitrogens is 1. The van der Waals surface area contributed by atoms with Gasteiger partial charge in [-0.25, -0.2) is 14.5 Å². The minimum atomic E-state index is -0.0238. The zero-order valence-corrected chi connectivity index (χ0v) is 20.3. The number of fused-ring (bicyclic) bond motifs is 2. The molecule has 5 rings (SSSR count). The Morgan fingerprint density at radius 1 is 1.25 bits per heavy atom. The number of nitrogens with zero attached hydrogens (tertiary/aromatic N) is 4. The molecule has 1 fully saturated rings. The van der Waals surface area contributed by atoms with E-state index in [1.165, 1.54) is 10.6 Å². The quantitative estimate of drug-likeness (QED) is 0.418. The number of methoxy groups -OCH3 is 1. The standard InChI is InChI=1S/C24H32N6OS/c1-13(2)18-19(16-10-17(31-5)21-26-12-27-30(21)11-16)28-23-20(18)29-22(32-23)15-6-8-24(25,9-7-15)14(3)4/h10-15,28H,6-9,25H2,1-5H3. The van der Waals surface area contributed by atoms with Crippen LogP contribution in [0.4, 0.5) is 0 Å². The maximum Gasteiger partial charge on any atom is 0.197 e. The van der Waals surface area contributed by atoms with E-state index in [0.717, 1.165) is 47.3 Å². The number of aromatic nitrogens is 5. The summed E-state index contributed by atoms with van der Waals surface area (Å²) in [7, 11) is 1.66. The number of ether oxygens (including phenoxy) is 1. The molecule has 4 heterocycles. The molecule has 8 heteroatoms. The van der Waals surface area contributed by atoms with E-state index in [2.05, 4.69) is 42.8 Å². The molecule has 0 atom stereocenters. The van der Waals surface area contributed by atoms with Gasteiger partial charge in [0, 0.05) is 28.8 Å². The molecule has 32 heavy (non-hydrogen) atoms. The number of nitrogens with two attached hydrogens (primary N) is 1. The van der Waals surface area contributed by atoms with E-state index in [0.29, 0.717) is 29.2 Å². The van der Waals surface area contributed by atoms with Crippen LogP contribution in [-0.2, 0) is 0 Å². The summed E-state index contributed by atoms with van der Waals surface area (Å²) in [5.74, 6) is 2.06. The molecule has 0 bridgehead atoms. The molecule has 4 aromatic rings. The van der Waals surface area contributed by atoms with Crippen molar-refractivity contribution in [3.05, 3.63) is 29.2 Å². The van der Waals surface area contributed by atoms with Gasteiger partial charge in [0.25, 0.3) is 0 Å². The highest BCUT2D eigenvalue weighted by atomic mass is 32.1. The van der Waals surface area contributed by atoms with Crippen molar-refractivity contribution < 1.29 is 4.74 Å². The molecule has 0 unspecified atom stereocenters. The average Bonchev–Trinajstić information content (AvgIpc) is 3.47. The normalized spacial score (nSPS) is 21.9. The highest BCUT2D eigenvalue weighted by molar-refractivity contribution is 7.18. The van der Waals surface area contributed by atoms with Crippen LogP contribution in [0.25, 0.3) is 27.3 Å². The summed E-state index contributed by atoms with van der Waals surface area (Å²) in [4.78, 5) is 14.3. The van der Waals surface area contributed by atoms with E-state index in [9.17, 15) is 0 Å². The molecule has 0 spiro atoms. The lowest BCUT2D eigenvalue weighted by Crippen LogP contribution is -2.47. The van der Waals surface area contributed by atoms with Crippen molar-refractivity contribution in [3.63, 3.8) is 0 Å². The van der Waals surface area contributed by atoms with Crippen molar-refractivity contribution in [3.8, 4) is 17.0 Å². The highest BCUT2D eigenvalue weighted by Gasteiger charge is 2.36. The summed E-state index contributed by atoms with van der Waals surface area (Å²) in [5, 5.41) is 5.56. The molecule has 0 aromatic carbocycles. The van der Waals surface area contributed by atoms with Gasteiger partial charge in [-0.05, 0) is 43.6 Å². The first-order chi connectivity index (χ1) is 15.3. The SMILES string of the molecule is COc1cc(-c2[nH]c3sc(C4CCC(N)(C(C)C)CC4)nc3c2C(C)C)cn2ncnc12. The lowest BCUT2D eigenvalue weighted by molar-refractivity contribution is 0.206. The van der Waals surface area contributed by atoms with Gasteiger partial charge in [-0.1, -0.05) is 27.7 Å². The fourth-order valence-corrected chi connectivity index (χ4v) is 6.18. The minimum Gasteiger partial charge on any atom is -0.493 e. The van der Waals surface area contributed by atoms with Crippen molar-refractivity contribution in [2.75, 3.05) is 7.11 Å². The summed E-state index contributed by atoms with van der Waals surface area (Å²) >= 11 is 1.80. The van der Waals surface area contributed by atoms with Crippen LogP contribution in [0.5, 0.6) is 5.75 Å². The fourth-order valence-electron chi connectivity index (χ4n) is 5.03. The summed E-state index contributed by atoms with van der Waals surface area (Å²) in [6.45, 7) is 8.94. The Labute approximate surface area is 192 Å². The highest BCUT2D eigenvalue weighted by Crippen LogP contribution is 2.44. The number of rotatable bonds is 5. The summed E-state index contributed by atoms with van der Waals surface area (Å²) in [6.07, 6.45) is 7.93. The molecular formula is C24H32N6OS. The van der Waals surface area contributed by atoms with Gasteiger partial charge < -0.3 is 15.5 Å². The van der Waals surface area contributed by atoms with Crippen LogP contribution in [0, 0.1) is 5.92 Å². The molecule has 1 aliphatic rings. The Hall–Kier alpha value is -2.45. The van der Waals surface area contributed by atoms with Gasteiger partial charge >= 0.3 is 0 Å². The summed E-state index contributed by atoms with van der Waals surface area (Å²) in [5.41, 5.74) is 11.8. The zero-order valence-electron chi connectivity index (χ0n) is 19.5. The molecule has 170 valence electrons. The molecule has 0 saturated heterocycles. The van der Waals surface area contributed by atoms with Gasteiger partial charge in [-0.2, -0.15) is 5.10 Å². The van der Waals surface area contributed by atoms with Gasteiger partial charge in [-0.15, -0.1) is 11.3 Å². The third kappa shape index (κ3) is 3.40. The third-order valence-electron chi connectivity index (χ3n) is 7.25. The van der Waals surface area contributed by atoms with Gasteiger partial charge in [0.2, 0.25) is 0 Å². The second-order valence-electron chi connectivity index (χ2n) is 9.79. The van der Waals surface area contributed by atoms with Crippen LogP contribution < -0.4 is 10.5 Å². The number of nitrogens with one attached hydrogen (secondary N) is 1. The number of pyridine rings is 1. The largest absolute Gasteiger partial charge is 0.493 e. The van der Waals surface area contributed by atoms with Crippen LogP contribution in [0.1, 0.15) is 75.8 Å². The topological polar surface area (TPSA) is 94.1 Å². The van der Waals surface area contributed by atoms with Gasteiger partial charge in [0.1, 0.15) is 16.7 Å². The van der Waals surface area contributed by atoms with E-state index in [4.69, 9.17) is 15.5 Å². The molecule has 3 N–H and O–H groups in total. The number of thiazole rings is 1. The van der Waals surface area contributed by atoms with Crippen LogP contribution in [0.15, 0.2) is 18.6 Å². The maximum absolute atomic E-state index is 6.66. The predicted octanol–water partition coefficient (Wildman–Crippen LogP) is 5.48. The maximum atomic E-state index is 6.66. The molecule has 7 nitrogen and oxygen atoms in total. The van der Waals surface area contributed by atoms with Crippen molar-refractivity contribution in [2.45, 2.75) is 70.8 Å². The molecule has 1 aliphatic carbocycles. The third-order valence-corrected chi connectivity index (χ3v) is 8.38. The van der Waals surface area contributed by atoms with E-state index in [1.54, 1.807) is 29.3 Å². The molecule has 0 amide bonds. The monoisotopic (exact) mass is 452 g/mol. The van der Waals surface area contributed by atoms with Gasteiger partial charge in [0.15, 0.2) is 11.4 Å². The van der Waals surface area contributed by atoms with Crippen molar-refractivity contribution in [1.82, 2.24) is 24.6 Å². The summed E-state index contributed by atoms with van der Waals surface area (Å²) < 4.78 is 7.34. The molecule has 1 saturated carbocycles. The molecule has 0 radical (unpaired) electrons. The lowest BCUT2D eigenvalue weighted by Gasteiger charge is -2.39. The second-order valence-corrected chi connectivity index (χ2v) is 10.8. The Morgan fingerprint density at radius 2 is 2.00 bits per heavy atom. The van der Waals surface area contributed by atoms with E-state index in [-0.39, 0.29) is 5.54 Å².